The number of carboxylic acid groups (broad SMARTS) is 1. The first kappa shape index (κ1) is 13.8. The van der Waals surface area contributed by atoms with E-state index in [0.29, 0.717) is 12.1 Å². The smallest absolute Gasteiger partial charge is 0.335 e. The van der Waals surface area contributed by atoms with Crippen molar-refractivity contribution in [1.29, 1.82) is 0 Å². The fourth-order valence-corrected chi connectivity index (χ4v) is 2.91. The van der Waals surface area contributed by atoms with E-state index in [1.54, 1.807) is 11.3 Å². The zero-order valence-corrected chi connectivity index (χ0v) is 12.1. The molecule has 0 aliphatic rings. The Morgan fingerprint density at radius 3 is 2.32 bits per heavy atom. The summed E-state index contributed by atoms with van der Waals surface area (Å²) < 4.78 is 0.971. The molecule has 0 radical (unpaired) electrons. The Morgan fingerprint density at radius 1 is 1.16 bits per heavy atom. The molecule has 2 N–H and O–H groups in total. The molecular formula is C13H10BrNO3S. The number of hydrogen-bond acceptors (Lipinski definition) is 3. The maximum atomic E-state index is 11.9. The van der Waals surface area contributed by atoms with E-state index in [1.165, 1.54) is 24.3 Å². The number of benzene rings is 1. The molecular weight excluding hydrogens is 330 g/mol. The molecule has 19 heavy (non-hydrogen) atoms. The summed E-state index contributed by atoms with van der Waals surface area (Å²) in [6.07, 6.45) is 0. The van der Waals surface area contributed by atoms with Gasteiger partial charge >= 0.3 is 5.97 Å². The van der Waals surface area contributed by atoms with Crippen molar-refractivity contribution in [2.45, 2.75) is 6.54 Å². The van der Waals surface area contributed by atoms with E-state index in [0.717, 1.165) is 9.35 Å². The van der Waals surface area contributed by atoms with Gasteiger partial charge in [0.25, 0.3) is 5.91 Å². The first-order valence-corrected chi connectivity index (χ1v) is 7.08. The van der Waals surface area contributed by atoms with E-state index >= 15 is 0 Å². The number of nitrogens with one attached hydrogen (secondary N) is 1. The van der Waals surface area contributed by atoms with Gasteiger partial charge in [-0.2, -0.15) is 0 Å². The average molecular weight is 340 g/mol. The highest BCUT2D eigenvalue weighted by Gasteiger charge is 2.09. The molecule has 1 amide bonds. The number of carboxylic acids is 1. The van der Waals surface area contributed by atoms with Crippen LogP contribution < -0.4 is 5.32 Å². The quantitative estimate of drug-likeness (QED) is 0.899. The first-order chi connectivity index (χ1) is 9.08. The van der Waals surface area contributed by atoms with Crippen LogP contribution in [0, 0.1) is 0 Å². The Balaban J connectivity index is 2.00. The maximum absolute atomic E-state index is 11.9. The van der Waals surface area contributed by atoms with Crippen LogP contribution in [0.15, 0.2) is 40.2 Å². The van der Waals surface area contributed by atoms with E-state index in [4.69, 9.17) is 5.11 Å². The molecule has 2 rings (SSSR count). The third-order valence-corrected chi connectivity index (χ3v) is 4.42. The fourth-order valence-electron chi connectivity index (χ4n) is 1.48. The summed E-state index contributed by atoms with van der Waals surface area (Å²) in [5.74, 6) is -1.23. The van der Waals surface area contributed by atoms with Crippen molar-refractivity contribution in [2.24, 2.45) is 0 Å². The standard InChI is InChI=1S/C13H10BrNO3S/c14-10-5-6-19-11(10)7-15-12(16)8-1-3-9(4-2-8)13(17)18/h1-6H,7H2,(H,15,16)(H,17,18). The molecule has 4 nitrogen and oxygen atoms in total. The minimum atomic E-state index is -1.01. The molecule has 0 bridgehead atoms. The molecule has 0 aliphatic carbocycles. The van der Waals surface area contributed by atoms with Crippen molar-refractivity contribution in [1.82, 2.24) is 5.32 Å². The normalized spacial score (nSPS) is 10.2. The number of thiophene rings is 1. The molecule has 0 saturated carbocycles. The number of hydrogen-bond donors (Lipinski definition) is 2. The van der Waals surface area contributed by atoms with Gasteiger partial charge in [0.05, 0.1) is 12.1 Å². The molecule has 1 aromatic carbocycles. The second-order valence-electron chi connectivity index (χ2n) is 3.76. The van der Waals surface area contributed by atoms with Gasteiger partial charge in [-0.05, 0) is 51.6 Å². The van der Waals surface area contributed by atoms with Crippen LogP contribution in [0.25, 0.3) is 0 Å². The van der Waals surface area contributed by atoms with Gasteiger partial charge in [-0.3, -0.25) is 4.79 Å². The number of halogens is 1. The van der Waals surface area contributed by atoms with E-state index in [9.17, 15) is 9.59 Å². The van der Waals surface area contributed by atoms with Gasteiger partial charge in [-0.1, -0.05) is 0 Å². The molecule has 0 unspecified atom stereocenters. The summed E-state index contributed by atoms with van der Waals surface area (Å²) in [5.41, 5.74) is 0.607. The Hall–Kier alpha value is -1.66. The van der Waals surface area contributed by atoms with Gasteiger partial charge in [0.1, 0.15) is 0 Å². The summed E-state index contributed by atoms with van der Waals surface area (Å²) in [7, 11) is 0. The monoisotopic (exact) mass is 339 g/mol. The Kier molecular flexibility index (Phi) is 4.34. The second-order valence-corrected chi connectivity index (χ2v) is 5.61. The number of amides is 1. The molecule has 0 atom stereocenters. The van der Waals surface area contributed by atoms with Crippen molar-refractivity contribution in [2.75, 3.05) is 0 Å². The van der Waals surface area contributed by atoms with Gasteiger partial charge in [0, 0.05) is 14.9 Å². The highest BCUT2D eigenvalue weighted by molar-refractivity contribution is 9.10. The Morgan fingerprint density at radius 2 is 1.79 bits per heavy atom. The molecule has 1 heterocycles. The molecule has 0 aliphatic heterocycles. The lowest BCUT2D eigenvalue weighted by molar-refractivity contribution is 0.0696. The van der Waals surface area contributed by atoms with Crippen LogP contribution >= 0.6 is 27.3 Å². The second kappa shape index (κ2) is 5.99. The lowest BCUT2D eigenvalue weighted by atomic mass is 10.1. The molecule has 6 heteroatoms. The Bertz CT molecular complexity index is 607. The topological polar surface area (TPSA) is 66.4 Å². The van der Waals surface area contributed by atoms with E-state index < -0.39 is 5.97 Å². The molecule has 98 valence electrons. The van der Waals surface area contributed by atoms with Gasteiger partial charge in [0.15, 0.2) is 0 Å². The van der Waals surface area contributed by atoms with Gasteiger partial charge < -0.3 is 10.4 Å². The van der Waals surface area contributed by atoms with E-state index in [-0.39, 0.29) is 11.5 Å². The predicted molar refractivity (Wildman–Crippen MR) is 76.6 cm³/mol. The van der Waals surface area contributed by atoms with Crippen molar-refractivity contribution in [3.63, 3.8) is 0 Å². The average Bonchev–Trinajstić information content (AvgIpc) is 2.81. The van der Waals surface area contributed by atoms with Crippen molar-refractivity contribution < 1.29 is 14.7 Å². The number of rotatable bonds is 4. The molecule has 2 aromatic rings. The SMILES string of the molecule is O=C(O)c1ccc(C(=O)NCc2sccc2Br)cc1. The summed E-state index contributed by atoms with van der Waals surface area (Å²) in [4.78, 5) is 23.6. The van der Waals surface area contributed by atoms with Crippen molar-refractivity contribution in [3.8, 4) is 0 Å². The van der Waals surface area contributed by atoms with Crippen LogP contribution in [0.2, 0.25) is 0 Å². The highest BCUT2D eigenvalue weighted by Crippen LogP contribution is 2.22. The summed E-state index contributed by atoms with van der Waals surface area (Å²) in [5, 5.41) is 13.5. The molecule has 0 saturated heterocycles. The summed E-state index contributed by atoms with van der Waals surface area (Å²) >= 11 is 4.95. The van der Waals surface area contributed by atoms with Crippen molar-refractivity contribution >= 4 is 39.1 Å². The first-order valence-electron chi connectivity index (χ1n) is 5.41. The van der Waals surface area contributed by atoms with Gasteiger partial charge in [-0.25, -0.2) is 4.79 Å². The van der Waals surface area contributed by atoms with E-state index in [1.807, 2.05) is 11.4 Å². The van der Waals surface area contributed by atoms with E-state index in [2.05, 4.69) is 21.2 Å². The van der Waals surface area contributed by atoms with Crippen LogP contribution in [0.4, 0.5) is 0 Å². The zero-order chi connectivity index (χ0) is 13.8. The van der Waals surface area contributed by atoms with Crippen LogP contribution in [-0.4, -0.2) is 17.0 Å². The highest BCUT2D eigenvalue weighted by atomic mass is 79.9. The third kappa shape index (κ3) is 3.42. The van der Waals surface area contributed by atoms with Gasteiger partial charge in [0.2, 0.25) is 0 Å². The Labute approximate surface area is 122 Å². The summed E-state index contributed by atoms with van der Waals surface area (Å²) in [6, 6.07) is 7.76. The predicted octanol–water partition coefficient (Wildman–Crippen LogP) is 3.14. The molecule has 0 fully saturated rings. The lowest BCUT2D eigenvalue weighted by Crippen LogP contribution is -2.22. The number of carbonyl (C=O) groups is 2. The van der Waals surface area contributed by atoms with Crippen molar-refractivity contribution in [3.05, 3.63) is 56.2 Å². The number of carbonyl (C=O) groups excluding carboxylic acids is 1. The van der Waals surface area contributed by atoms with Crippen LogP contribution in [0.3, 0.4) is 0 Å². The largest absolute Gasteiger partial charge is 0.478 e. The molecule has 1 aromatic heterocycles. The maximum Gasteiger partial charge on any atom is 0.335 e. The number of aromatic carboxylic acids is 1. The minimum Gasteiger partial charge on any atom is -0.478 e. The minimum absolute atomic E-state index is 0.164. The van der Waals surface area contributed by atoms with Crippen LogP contribution in [-0.2, 0) is 6.54 Å². The molecule has 0 spiro atoms. The van der Waals surface area contributed by atoms with Crippen LogP contribution in [0.1, 0.15) is 25.6 Å². The van der Waals surface area contributed by atoms with Gasteiger partial charge in [-0.15, -0.1) is 11.3 Å². The zero-order valence-electron chi connectivity index (χ0n) is 9.72. The van der Waals surface area contributed by atoms with Crippen LogP contribution in [0.5, 0.6) is 0 Å². The summed E-state index contributed by atoms with van der Waals surface area (Å²) in [6.45, 7) is 0.442. The fraction of sp³-hybridized carbons (Fsp3) is 0.0769. The third-order valence-electron chi connectivity index (χ3n) is 2.49. The lowest BCUT2D eigenvalue weighted by Gasteiger charge is -2.04.